The first kappa shape index (κ1) is 15.1. The van der Waals surface area contributed by atoms with E-state index >= 15 is 0 Å². The van der Waals surface area contributed by atoms with E-state index in [2.05, 4.69) is 6.92 Å². The predicted molar refractivity (Wildman–Crippen MR) is 87.7 cm³/mol. The van der Waals surface area contributed by atoms with Gasteiger partial charge in [0.15, 0.2) is 0 Å². The number of halogens is 1. The molecule has 0 fully saturated rings. The third kappa shape index (κ3) is 3.84. The molecule has 2 N–H and O–H groups in total. The molecule has 0 spiro atoms. The van der Waals surface area contributed by atoms with Crippen molar-refractivity contribution in [1.82, 2.24) is 0 Å². The summed E-state index contributed by atoms with van der Waals surface area (Å²) >= 11 is 7.83. The number of para-hydroxylation sites is 1. The third-order valence-corrected chi connectivity index (χ3v) is 4.32. The van der Waals surface area contributed by atoms with Crippen molar-refractivity contribution in [2.45, 2.75) is 24.0 Å². The zero-order valence-electron chi connectivity index (χ0n) is 11.4. The fraction of sp³-hybridized carbons (Fsp3) is 0.250. The minimum absolute atomic E-state index is 0.683. The quantitative estimate of drug-likeness (QED) is 0.602. The van der Waals surface area contributed by atoms with Gasteiger partial charge in [-0.3, -0.25) is 0 Å². The highest BCUT2D eigenvalue weighted by atomic mass is 35.5. The Kier molecular flexibility index (Phi) is 5.62. The van der Waals surface area contributed by atoms with Crippen molar-refractivity contribution in [3.8, 4) is 5.75 Å². The molecule has 0 aliphatic carbocycles. The summed E-state index contributed by atoms with van der Waals surface area (Å²) in [5.41, 5.74) is 7.96. The van der Waals surface area contributed by atoms with E-state index in [9.17, 15) is 0 Å². The molecule has 0 atom stereocenters. The van der Waals surface area contributed by atoms with E-state index in [4.69, 9.17) is 22.1 Å². The lowest BCUT2D eigenvalue weighted by Gasteiger charge is -2.12. The highest BCUT2D eigenvalue weighted by molar-refractivity contribution is 7.98. The van der Waals surface area contributed by atoms with Gasteiger partial charge in [-0.15, -0.1) is 11.8 Å². The number of anilines is 1. The van der Waals surface area contributed by atoms with Crippen molar-refractivity contribution >= 4 is 29.1 Å². The fourth-order valence-corrected chi connectivity index (χ4v) is 3.03. The number of rotatable bonds is 6. The van der Waals surface area contributed by atoms with Crippen LogP contribution in [0, 0.1) is 0 Å². The van der Waals surface area contributed by atoms with Crippen LogP contribution >= 0.6 is 23.4 Å². The second-order valence-corrected chi connectivity index (χ2v) is 5.82. The number of hydrogen-bond acceptors (Lipinski definition) is 3. The van der Waals surface area contributed by atoms with Crippen molar-refractivity contribution in [1.29, 1.82) is 0 Å². The van der Waals surface area contributed by atoms with E-state index in [1.54, 1.807) is 11.8 Å². The monoisotopic (exact) mass is 307 g/mol. The van der Waals surface area contributed by atoms with Gasteiger partial charge in [-0.05, 0) is 30.2 Å². The molecule has 0 radical (unpaired) electrons. The van der Waals surface area contributed by atoms with Gasteiger partial charge in [0.05, 0.1) is 12.3 Å². The summed E-state index contributed by atoms with van der Waals surface area (Å²) in [4.78, 5) is 1.03. The molecule has 106 valence electrons. The van der Waals surface area contributed by atoms with Gasteiger partial charge in [0.25, 0.3) is 0 Å². The van der Waals surface area contributed by atoms with Crippen LogP contribution in [0.1, 0.15) is 18.9 Å². The zero-order valence-corrected chi connectivity index (χ0v) is 13.0. The Balaban J connectivity index is 2.08. The van der Waals surface area contributed by atoms with Crippen LogP contribution in [0.5, 0.6) is 5.75 Å². The number of benzene rings is 2. The Labute approximate surface area is 129 Å². The summed E-state index contributed by atoms with van der Waals surface area (Å²) in [6.07, 6.45) is 0.969. The Bertz CT molecular complexity index is 574. The van der Waals surface area contributed by atoms with E-state index in [1.807, 2.05) is 42.5 Å². The molecule has 20 heavy (non-hydrogen) atoms. The first-order valence-electron chi connectivity index (χ1n) is 6.60. The lowest BCUT2D eigenvalue weighted by atomic mass is 10.2. The van der Waals surface area contributed by atoms with Crippen LogP contribution in [0.25, 0.3) is 0 Å². The molecule has 0 saturated heterocycles. The topological polar surface area (TPSA) is 35.2 Å². The van der Waals surface area contributed by atoms with E-state index in [1.165, 1.54) is 0 Å². The van der Waals surface area contributed by atoms with Crippen LogP contribution in [-0.2, 0) is 5.75 Å². The van der Waals surface area contributed by atoms with E-state index in [-0.39, 0.29) is 0 Å². The molecular weight excluding hydrogens is 290 g/mol. The summed E-state index contributed by atoms with van der Waals surface area (Å²) in [6.45, 7) is 2.76. The van der Waals surface area contributed by atoms with Crippen LogP contribution < -0.4 is 10.5 Å². The summed E-state index contributed by atoms with van der Waals surface area (Å²) in [5, 5.41) is 0.789. The maximum Gasteiger partial charge on any atom is 0.143 e. The SMILES string of the molecule is CCCOc1cccc(SCc2ccccc2Cl)c1N. The molecule has 0 heterocycles. The first-order valence-corrected chi connectivity index (χ1v) is 7.96. The van der Waals surface area contributed by atoms with Gasteiger partial charge in [0.2, 0.25) is 0 Å². The molecule has 0 aromatic heterocycles. The molecule has 0 bridgehead atoms. The minimum Gasteiger partial charge on any atom is -0.491 e. The lowest BCUT2D eigenvalue weighted by Crippen LogP contribution is -2.00. The van der Waals surface area contributed by atoms with Crippen LogP contribution in [0.2, 0.25) is 5.02 Å². The summed E-state index contributed by atoms with van der Waals surface area (Å²) in [6, 6.07) is 13.7. The second kappa shape index (κ2) is 7.46. The largest absolute Gasteiger partial charge is 0.491 e. The molecule has 2 rings (SSSR count). The molecule has 2 aromatic rings. The minimum atomic E-state index is 0.683. The molecule has 0 unspecified atom stereocenters. The average Bonchev–Trinajstić information content (AvgIpc) is 2.46. The van der Waals surface area contributed by atoms with Crippen molar-refractivity contribution in [3.05, 3.63) is 53.1 Å². The summed E-state index contributed by atoms with van der Waals surface area (Å²) in [5.74, 6) is 1.55. The number of nitrogen functional groups attached to an aromatic ring is 1. The standard InChI is InChI=1S/C16H18ClNOS/c1-2-10-19-14-8-5-9-15(16(14)18)20-11-12-6-3-4-7-13(12)17/h3-9H,2,10-11,18H2,1H3. The smallest absolute Gasteiger partial charge is 0.143 e. The van der Waals surface area contributed by atoms with Crippen LogP contribution in [0.4, 0.5) is 5.69 Å². The second-order valence-electron chi connectivity index (χ2n) is 4.40. The lowest BCUT2D eigenvalue weighted by molar-refractivity contribution is 0.318. The number of ether oxygens (including phenoxy) is 1. The zero-order chi connectivity index (χ0) is 14.4. The van der Waals surface area contributed by atoms with Gasteiger partial charge >= 0.3 is 0 Å². The van der Waals surface area contributed by atoms with E-state index in [0.717, 1.165) is 33.4 Å². The number of hydrogen-bond donors (Lipinski definition) is 1. The molecular formula is C16H18ClNOS. The average molecular weight is 308 g/mol. The Hall–Kier alpha value is -1.32. The maximum absolute atomic E-state index is 6.16. The number of nitrogens with two attached hydrogens (primary N) is 1. The van der Waals surface area contributed by atoms with Gasteiger partial charge in [-0.2, -0.15) is 0 Å². The van der Waals surface area contributed by atoms with Gasteiger partial charge in [-0.25, -0.2) is 0 Å². The van der Waals surface area contributed by atoms with E-state index in [0.29, 0.717) is 12.3 Å². The maximum atomic E-state index is 6.16. The van der Waals surface area contributed by atoms with Crippen LogP contribution in [0.15, 0.2) is 47.4 Å². The number of thioether (sulfide) groups is 1. The predicted octanol–water partition coefficient (Wildman–Crippen LogP) is 5.00. The molecule has 2 nitrogen and oxygen atoms in total. The van der Waals surface area contributed by atoms with Gasteiger partial charge in [-0.1, -0.05) is 42.8 Å². The highest BCUT2D eigenvalue weighted by Gasteiger charge is 2.07. The highest BCUT2D eigenvalue weighted by Crippen LogP contribution is 2.35. The van der Waals surface area contributed by atoms with Gasteiger partial charge < -0.3 is 10.5 Å². The molecule has 2 aromatic carbocycles. The fourth-order valence-electron chi connectivity index (χ4n) is 1.76. The normalized spacial score (nSPS) is 10.5. The van der Waals surface area contributed by atoms with Crippen molar-refractivity contribution in [2.75, 3.05) is 12.3 Å². The summed E-state index contributed by atoms with van der Waals surface area (Å²) < 4.78 is 5.64. The molecule has 4 heteroatoms. The Morgan fingerprint density at radius 2 is 1.95 bits per heavy atom. The molecule has 0 saturated carbocycles. The van der Waals surface area contributed by atoms with E-state index < -0.39 is 0 Å². The molecule has 0 amide bonds. The van der Waals surface area contributed by atoms with Crippen LogP contribution in [0.3, 0.4) is 0 Å². The Morgan fingerprint density at radius 3 is 2.70 bits per heavy atom. The molecule has 0 aliphatic rings. The van der Waals surface area contributed by atoms with Gasteiger partial charge in [0.1, 0.15) is 5.75 Å². The summed E-state index contributed by atoms with van der Waals surface area (Å²) in [7, 11) is 0. The van der Waals surface area contributed by atoms with Crippen molar-refractivity contribution < 1.29 is 4.74 Å². The first-order chi connectivity index (χ1) is 9.72. The van der Waals surface area contributed by atoms with Crippen LogP contribution in [-0.4, -0.2) is 6.61 Å². The van der Waals surface area contributed by atoms with Gasteiger partial charge in [0, 0.05) is 15.7 Å². The molecule has 0 aliphatic heterocycles. The third-order valence-electron chi connectivity index (χ3n) is 2.83. The Morgan fingerprint density at radius 1 is 1.15 bits per heavy atom. The van der Waals surface area contributed by atoms with Crippen molar-refractivity contribution in [2.24, 2.45) is 0 Å². The van der Waals surface area contributed by atoms with Crippen molar-refractivity contribution in [3.63, 3.8) is 0 Å².